The lowest BCUT2D eigenvalue weighted by atomic mass is 10.3. The highest BCUT2D eigenvalue weighted by Gasteiger charge is 2.19. The summed E-state index contributed by atoms with van der Waals surface area (Å²) in [5.74, 6) is -3.69. The van der Waals surface area contributed by atoms with Crippen LogP contribution in [0.3, 0.4) is 0 Å². The summed E-state index contributed by atoms with van der Waals surface area (Å²) >= 11 is 11.6. The van der Waals surface area contributed by atoms with E-state index in [2.05, 4.69) is 4.98 Å². The van der Waals surface area contributed by atoms with Gasteiger partial charge in [-0.1, -0.05) is 23.2 Å². The minimum absolute atomic E-state index is 0.238. The molecule has 2 N–H and O–H groups in total. The van der Waals surface area contributed by atoms with Gasteiger partial charge in [0.2, 0.25) is 0 Å². The van der Waals surface area contributed by atoms with Crippen molar-refractivity contribution in [2.24, 2.45) is 0 Å². The van der Waals surface area contributed by atoms with Gasteiger partial charge in [-0.25, -0.2) is 8.78 Å². The highest BCUT2D eigenvalue weighted by atomic mass is 35.5. The number of non-ortho nitro benzene ring substituents is 1. The second-order valence-corrected chi connectivity index (χ2v) is 4.55. The van der Waals surface area contributed by atoms with Crippen molar-refractivity contribution in [1.29, 1.82) is 0 Å². The lowest BCUT2D eigenvalue weighted by Crippen LogP contribution is -2.01. The molecule has 1 aromatic carbocycles. The van der Waals surface area contributed by atoms with Crippen LogP contribution in [0, 0.1) is 21.7 Å². The van der Waals surface area contributed by atoms with Gasteiger partial charge in [-0.2, -0.15) is 4.98 Å². The molecule has 0 aliphatic heterocycles. The molecule has 6 nitrogen and oxygen atoms in total. The predicted molar refractivity (Wildman–Crippen MR) is 71.8 cm³/mol. The second-order valence-electron chi connectivity index (χ2n) is 3.74. The van der Waals surface area contributed by atoms with E-state index in [9.17, 15) is 18.9 Å². The van der Waals surface area contributed by atoms with Crippen LogP contribution >= 0.6 is 23.2 Å². The molecule has 21 heavy (non-hydrogen) atoms. The number of nitro groups is 1. The van der Waals surface area contributed by atoms with Crippen molar-refractivity contribution < 1.29 is 18.4 Å². The standard InChI is InChI=1S/C11H5Cl2F2N3O3/c12-5-1-4(18(19)20)2-6(13)9(5)21-11-8(15)3-7(14)10(16)17-11/h1-3H,(H2,16,17). The van der Waals surface area contributed by atoms with Crippen LogP contribution in [0.5, 0.6) is 11.6 Å². The Bertz CT molecular complexity index is 720. The quantitative estimate of drug-likeness (QED) is 0.677. The molecule has 0 spiro atoms. The van der Waals surface area contributed by atoms with Crippen LogP contribution in [0.1, 0.15) is 0 Å². The Morgan fingerprint density at radius 3 is 2.29 bits per heavy atom. The van der Waals surface area contributed by atoms with E-state index >= 15 is 0 Å². The number of nitrogens with zero attached hydrogens (tertiary/aromatic N) is 2. The van der Waals surface area contributed by atoms with Gasteiger partial charge in [-0.05, 0) is 0 Å². The molecule has 110 valence electrons. The molecule has 0 aliphatic carbocycles. The number of benzene rings is 1. The molecule has 1 aromatic heterocycles. The Labute approximate surface area is 126 Å². The monoisotopic (exact) mass is 335 g/mol. The van der Waals surface area contributed by atoms with Crippen molar-refractivity contribution in [3.8, 4) is 11.6 Å². The number of nitrogen functional groups attached to an aromatic ring is 1. The number of rotatable bonds is 3. The van der Waals surface area contributed by atoms with Gasteiger partial charge in [-0.3, -0.25) is 10.1 Å². The lowest BCUT2D eigenvalue weighted by Gasteiger charge is -2.10. The van der Waals surface area contributed by atoms with E-state index < -0.39 is 28.3 Å². The van der Waals surface area contributed by atoms with Crippen molar-refractivity contribution in [2.75, 3.05) is 5.73 Å². The Morgan fingerprint density at radius 2 is 1.76 bits per heavy atom. The maximum atomic E-state index is 13.5. The van der Waals surface area contributed by atoms with E-state index in [1.807, 2.05) is 0 Å². The van der Waals surface area contributed by atoms with Crippen LogP contribution in [0.2, 0.25) is 10.0 Å². The number of anilines is 1. The van der Waals surface area contributed by atoms with Crippen LogP contribution in [-0.4, -0.2) is 9.91 Å². The smallest absolute Gasteiger partial charge is 0.272 e. The minimum Gasteiger partial charge on any atom is -0.433 e. The van der Waals surface area contributed by atoms with Gasteiger partial charge in [-0.15, -0.1) is 0 Å². The number of halogens is 4. The Kier molecular flexibility index (Phi) is 4.10. The van der Waals surface area contributed by atoms with Crippen molar-refractivity contribution in [3.05, 3.63) is 50.0 Å². The Hall–Kier alpha value is -2.19. The summed E-state index contributed by atoms with van der Waals surface area (Å²) in [6.45, 7) is 0. The molecule has 0 saturated carbocycles. The van der Waals surface area contributed by atoms with E-state index in [4.69, 9.17) is 33.7 Å². The van der Waals surface area contributed by atoms with E-state index in [0.29, 0.717) is 6.07 Å². The molecule has 0 saturated heterocycles. The fourth-order valence-corrected chi connectivity index (χ4v) is 1.93. The van der Waals surface area contributed by atoms with Crippen LogP contribution in [0.25, 0.3) is 0 Å². The second kappa shape index (κ2) is 5.66. The fourth-order valence-electron chi connectivity index (χ4n) is 1.38. The van der Waals surface area contributed by atoms with Gasteiger partial charge < -0.3 is 10.5 Å². The van der Waals surface area contributed by atoms with Crippen molar-refractivity contribution in [2.45, 2.75) is 0 Å². The molecule has 0 atom stereocenters. The maximum Gasteiger partial charge on any atom is 0.272 e. The average molecular weight is 336 g/mol. The third kappa shape index (κ3) is 3.11. The maximum absolute atomic E-state index is 13.5. The van der Waals surface area contributed by atoms with Gasteiger partial charge in [0, 0.05) is 18.2 Å². The molecule has 0 radical (unpaired) electrons. The number of ether oxygens (including phenoxy) is 1. The molecule has 1 heterocycles. The Balaban J connectivity index is 2.45. The number of aromatic nitrogens is 1. The molecule has 2 rings (SSSR count). The summed E-state index contributed by atoms with van der Waals surface area (Å²) in [6, 6.07) is 2.41. The number of hydrogen-bond acceptors (Lipinski definition) is 5. The third-order valence-electron chi connectivity index (χ3n) is 2.32. The summed E-state index contributed by atoms with van der Waals surface area (Å²) in [7, 11) is 0. The largest absolute Gasteiger partial charge is 0.433 e. The highest BCUT2D eigenvalue weighted by Crippen LogP contribution is 2.39. The van der Waals surface area contributed by atoms with Crippen molar-refractivity contribution in [3.63, 3.8) is 0 Å². The summed E-state index contributed by atoms with van der Waals surface area (Å²) in [5, 5.41) is 10.2. The van der Waals surface area contributed by atoms with Crippen LogP contribution < -0.4 is 10.5 Å². The van der Waals surface area contributed by atoms with Gasteiger partial charge in [0.1, 0.15) is 0 Å². The molecule has 0 amide bonds. The zero-order chi connectivity index (χ0) is 15.7. The molecule has 0 bridgehead atoms. The first kappa shape index (κ1) is 15.2. The number of hydrogen-bond donors (Lipinski definition) is 1. The SMILES string of the molecule is Nc1nc(Oc2c(Cl)cc([N+](=O)[O-])cc2Cl)c(F)cc1F. The van der Waals surface area contributed by atoms with Crippen LogP contribution in [0.4, 0.5) is 20.3 Å². The lowest BCUT2D eigenvalue weighted by molar-refractivity contribution is -0.384. The van der Waals surface area contributed by atoms with Crippen molar-refractivity contribution in [1.82, 2.24) is 4.98 Å². The molecule has 0 unspecified atom stereocenters. The topological polar surface area (TPSA) is 91.3 Å². The zero-order valence-corrected chi connectivity index (χ0v) is 11.5. The van der Waals surface area contributed by atoms with E-state index in [0.717, 1.165) is 12.1 Å². The molecular formula is C11H5Cl2F2N3O3. The van der Waals surface area contributed by atoms with E-state index in [-0.39, 0.29) is 21.5 Å². The van der Waals surface area contributed by atoms with Gasteiger partial charge >= 0.3 is 0 Å². The molecule has 10 heteroatoms. The van der Waals surface area contributed by atoms with Crippen LogP contribution in [-0.2, 0) is 0 Å². The number of nitrogens with two attached hydrogens (primary N) is 1. The number of nitro benzene ring substituents is 1. The summed E-state index contributed by atoms with van der Waals surface area (Å²) in [6.07, 6.45) is 0. The average Bonchev–Trinajstić information content (AvgIpc) is 2.39. The molecule has 0 fully saturated rings. The first-order valence-electron chi connectivity index (χ1n) is 5.22. The zero-order valence-electron chi connectivity index (χ0n) is 9.94. The minimum atomic E-state index is -1.13. The van der Waals surface area contributed by atoms with Gasteiger partial charge in [0.15, 0.2) is 23.2 Å². The third-order valence-corrected chi connectivity index (χ3v) is 2.88. The fraction of sp³-hybridized carbons (Fsp3) is 0. The van der Waals surface area contributed by atoms with Gasteiger partial charge in [0.05, 0.1) is 15.0 Å². The summed E-state index contributed by atoms with van der Waals surface area (Å²) in [4.78, 5) is 13.3. The highest BCUT2D eigenvalue weighted by molar-refractivity contribution is 6.37. The summed E-state index contributed by atoms with van der Waals surface area (Å²) in [5.41, 5.74) is 4.82. The van der Waals surface area contributed by atoms with Crippen LogP contribution in [0.15, 0.2) is 18.2 Å². The molecule has 0 aliphatic rings. The van der Waals surface area contributed by atoms with Crippen molar-refractivity contribution >= 4 is 34.7 Å². The van der Waals surface area contributed by atoms with E-state index in [1.54, 1.807) is 0 Å². The first-order valence-corrected chi connectivity index (χ1v) is 5.98. The van der Waals surface area contributed by atoms with Gasteiger partial charge in [0.25, 0.3) is 11.6 Å². The number of pyridine rings is 1. The summed E-state index contributed by atoms with van der Waals surface area (Å²) < 4.78 is 31.5. The first-order chi connectivity index (χ1) is 9.79. The van der Waals surface area contributed by atoms with E-state index in [1.165, 1.54) is 0 Å². The molecule has 2 aromatic rings. The predicted octanol–water partition coefficient (Wildman–Crippen LogP) is 3.95. The normalized spacial score (nSPS) is 10.5. The Morgan fingerprint density at radius 1 is 1.19 bits per heavy atom. The molecular weight excluding hydrogens is 331 g/mol.